The van der Waals surface area contributed by atoms with Crippen LogP contribution < -0.4 is 4.74 Å². The Morgan fingerprint density at radius 3 is 1.56 bits per heavy atom. The highest BCUT2D eigenvalue weighted by molar-refractivity contribution is 5.67. The average Bonchev–Trinajstić information content (AvgIpc) is 2.43. The van der Waals surface area contributed by atoms with Gasteiger partial charge in [0, 0.05) is 0 Å². The molecule has 2 rings (SSSR count). The minimum atomic E-state index is -5.06. The van der Waals surface area contributed by atoms with Gasteiger partial charge in [-0.3, -0.25) is 0 Å². The zero-order valence-electron chi connectivity index (χ0n) is 11.9. The summed E-state index contributed by atoms with van der Waals surface area (Å²) in [6, 6.07) is 4.42. The van der Waals surface area contributed by atoms with Gasteiger partial charge in [0.15, 0.2) is 0 Å². The molecule has 0 aromatic heterocycles. The summed E-state index contributed by atoms with van der Waals surface area (Å²) in [4.78, 5) is 0. The van der Waals surface area contributed by atoms with E-state index in [-0.39, 0.29) is 11.6 Å². The summed E-state index contributed by atoms with van der Waals surface area (Å²) < 4.78 is 117. The Labute approximate surface area is 134 Å². The van der Waals surface area contributed by atoms with Crippen LogP contribution in [0.1, 0.15) is 11.1 Å². The van der Waals surface area contributed by atoms with Crippen molar-refractivity contribution in [3.63, 3.8) is 0 Å². The van der Waals surface area contributed by atoms with Gasteiger partial charge in [-0.15, -0.1) is 13.2 Å². The van der Waals surface area contributed by atoms with Crippen LogP contribution in [0.3, 0.4) is 0 Å². The lowest BCUT2D eigenvalue weighted by molar-refractivity contribution is -0.274. The van der Waals surface area contributed by atoms with E-state index in [1.807, 2.05) is 0 Å². The van der Waals surface area contributed by atoms with Crippen molar-refractivity contribution in [2.75, 3.05) is 0 Å². The maximum absolute atomic E-state index is 12.8. The van der Waals surface area contributed by atoms with Gasteiger partial charge in [-0.05, 0) is 41.5 Å². The van der Waals surface area contributed by atoms with Crippen LogP contribution in [-0.4, -0.2) is 6.36 Å². The number of halogens is 9. The lowest BCUT2D eigenvalue weighted by Crippen LogP contribution is -2.17. The molecule has 10 heteroatoms. The van der Waals surface area contributed by atoms with Gasteiger partial charge in [-0.2, -0.15) is 26.3 Å². The minimum Gasteiger partial charge on any atom is -0.406 e. The Balaban J connectivity index is 2.57. The van der Waals surface area contributed by atoms with E-state index in [2.05, 4.69) is 4.74 Å². The number of ether oxygens (including phenoxy) is 1. The summed E-state index contributed by atoms with van der Waals surface area (Å²) in [5, 5.41) is 0. The molecule has 0 saturated carbocycles. The maximum Gasteiger partial charge on any atom is 0.573 e. The van der Waals surface area contributed by atoms with Crippen molar-refractivity contribution in [2.45, 2.75) is 18.7 Å². The third-order valence-electron chi connectivity index (χ3n) is 2.99. The molecule has 2 aromatic carbocycles. The molecule has 2 aromatic rings. The Morgan fingerprint density at radius 1 is 0.600 bits per heavy atom. The largest absolute Gasteiger partial charge is 0.573 e. The second-order valence-corrected chi connectivity index (χ2v) is 4.87. The second kappa shape index (κ2) is 6.16. The molecule has 0 unspecified atom stereocenters. The first-order valence-electron chi connectivity index (χ1n) is 6.41. The summed E-state index contributed by atoms with van der Waals surface area (Å²) in [7, 11) is 0. The van der Waals surface area contributed by atoms with E-state index in [0.29, 0.717) is 18.2 Å². The van der Waals surface area contributed by atoms with E-state index in [9.17, 15) is 39.5 Å². The minimum absolute atomic E-state index is 0.0699. The van der Waals surface area contributed by atoms with Gasteiger partial charge in [-0.25, -0.2) is 0 Å². The number of alkyl halides is 9. The van der Waals surface area contributed by atoms with Crippen LogP contribution in [0.15, 0.2) is 42.5 Å². The van der Waals surface area contributed by atoms with Gasteiger partial charge < -0.3 is 4.74 Å². The molecule has 136 valence electrons. The molecule has 0 aliphatic heterocycles. The van der Waals surface area contributed by atoms with Crippen LogP contribution in [-0.2, 0) is 12.4 Å². The monoisotopic (exact) mass is 374 g/mol. The van der Waals surface area contributed by atoms with E-state index in [1.54, 1.807) is 0 Å². The lowest BCUT2D eigenvalue weighted by atomic mass is 9.99. The molecule has 0 amide bonds. The SMILES string of the molecule is FC(F)(F)Oc1cccc(-c2cc(C(F)(F)F)cc(C(F)(F)F)c2)c1. The van der Waals surface area contributed by atoms with Gasteiger partial charge in [0.2, 0.25) is 0 Å². The topological polar surface area (TPSA) is 9.23 Å². The van der Waals surface area contributed by atoms with Crippen LogP contribution in [0.25, 0.3) is 11.1 Å². The molecule has 0 aliphatic rings. The first-order valence-corrected chi connectivity index (χ1v) is 6.41. The van der Waals surface area contributed by atoms with Gasteiger partial charge in [0.1, 0.15) is 5.75 Å². The molecule has 1 nitrogen and oxygen atoms in total. The molecule has 0 saturated heterocycles. The normalized spacial score (nSPS) is 13.0. The van der Waals surface area contributed by atoms with E-state index in [0.717, 1.165) is 18.2 Å². The molecule has 0 atom stereocenters. The van der Waals surface area contributed by atoms with Crippen molar-refractivity contribution in [3.8, 4) is 16.9 Å². The lowest BCUT2D eigenvalue weighted by Gasteiger charge is -2.15. The van der Waals surface area contributed by atoms with E-state index < -0.39 is 41.2 Å². The fourth-order valence-electron chi connectivity index (χ4n) is 1.99. The van der Waals surface area contributed by atoms with Crippen molar-refractivity contribution < 1.29 is 44.3 Å². The molecule has 0 spiro atoms. The van der Waals surface area contributed by atoms with Gasteiger partial charge >= 0.3 is 18.7 Å². The first-order chi connectivity index (χ1) is 11.3. The van der Waals surface area contributed by atoms with E-state index in [1.165, 1.54) is 0 Å². The van der Waals surface area contributed by atoms with Gasteiger partial charge in [0.25, 0.3) is 0 Å². The highest BCUT2D eigenvalue weighted by atomic mass is 19.4. The van der Waals surface area contributed by atoms with Crippen molar-refractivity contribution in [1.29, 1.82) is 0 Å². The summed E-state index contributed by atoms with van der Waals surface area (Å²) in [5.41, 5.74) is -3.98. The third kappa shape index (κ3) is 5.04. The van der Waals surface area contributed by atoms with Crippen LogP contribution in [0, 0.1) is 0 Å². The maximum atomic E-state index is 12.8. The number of rotatable bonds is 2. The Morgan fingerprint density at radius 2 is 1.12 bits per heavy atom. The quantitative estimate of drug-likeness (QED) is 0.562. The smallest absolute Gasteiger partial charge is 0.406 e. The van der Waals surface area contributed by atoms with Crippen LogP contribution >= 0.6 is 0 Å². The van der Waals surface area contributed by atoms with Crippen LogP contribution in [0.5, 0.6) is 5.75 Å². The number of hydrogen-bond donors (Lipinski definition) is 0. The highest BCUT2D eigenvalue weighted by Crippen LogP contribution is 2.39. The number of benzene rings is 2. The zero-order valence-corrected chi connectivity index (χ0v) is 11.9. The second-order valence-electron chi connectivity index (χ2n) is 4.87. The molecule has 0 N–H and O–H groups in total. The van der Waals surface area contributed by atoms with Crippen molar-refractivity contribution in [3.05, 3.63) is 53.6 Å². The summed E-state index contributed by atoms with van der Waals surface area (Å²) >= 11 is 0. The summed E-state index contributed by atoms with van der Waals surface area (Å²) in [6.07, 6.45) is -15.2. The zero-order chi connectivity index (χ0) is 19.0. The predicted molar refractivity (Wildman–Crippen MR) is 68.6 cm³/mol. The average molecular weight is 374 g/mol. The van der Waals surface area contributed by atoms with Crippen molar-refractivity contribution >= 4 is 0 Å². The Bertz CT molecular complexity index is 725. The number of hydrogen-bond acceptors (Lipinski definition) is 1. The first kappa shape index (κ1) is 18.9. The standard InChI is InChI=1S/C15H7F9O/c16-13(17,18)10-4-9(5-11(7-10)14(19,20)21)8-2-1-3-12(6-8)25-15(22,23)24/h1-7H. The molecule has 0 bridgehead atoms. The fourth-order valence-corrected chi connectivity index (χ4v) is 1.99. The molecular weight excluding hydrogens is 367 g/mol. The third-order valence-corrected chi connectivity index (χ3v) is 2.99. The predicted octanol–water partition coefficient (Wildman–Crippen LogP) is 6.29. The molecule has 25 heavy (non-hydrogen) atoms. The fraction of sp³-hybridized carbons (Fsp3) is 0.200. The van der Waals surface area contributed by atoms with Crippen LogP contribution in [0.4, 0.5) is 39.5 Å². The van der Waals surface area contributed by atoms with E-state index >= 15 is 0 Å². The van der Waals surface area contributed by atoms with E-state index in [4.69, 9.17) is 0 Å². The highest BCUT2D eigenvalue weighted by Gasteiger charge is 2.37. The summed E-state index contributed by atoms with van der Waals surface area (Å²) in [5.74, 6) is -0.768. The Hall–Kier alpha value is -2.39. The molecular formula is C15H7F9O. The Kier molecular flexibility index (Phi) is 4.67. The molecule has 0 heterocycles. The van der Waals surface area contributed by atoms with Crippen molar-refractivity contribution in [1.82, 2.24) is 0 Å². The van der Waals surface area contributed by atoms with Crippen LogP contribution in [0.2, 0.25) is 0 Å². The molecule has 0 aliphatic carbocycles. The van der Waals surface area contributed by atoms with Gasteiger partial charge in [0.05, 0.1) is 11.1 Å². The molecule has 0 fully saturated rings. The summed E-state index contributed by atoms with van der Waals surface area (Å²) in [6.45, 7) is 0. The van der Waals surface area contributed by atoms with Crippen molar-refractivity contribution in [2.24, 2.45) is 0 Å². The molecule has 0 radical (unpaired) electrons. The van der Waals surface area contributed by atoms with Gasteiger partial charge in [-0.1, -0.05) is 12.1 Å².